The van der Waals surface area contributed by atoms with E-state index in [2.05, 4.69) is 15.9 Å². The molecule has 0 amide bonds. The first-order valence-electron chi connectivity index (χ1n) is 4.86. The zero-order valence-electron chi connectivity index (χ0n) is 9.31. The maximum absolute atomic E-state index is 10.6. The highest BCUT2D eigenvalue weighted by Crippen LogP contribution is 2.31. The number of ether oxygens (including phenoxy) is 3. The summed E-state index contributed by atoms with van der Waals surface area (Å²) in [6, 6.07) is 2.83. The SMILES string of the molecule is COCCOCOc1cc(O)c(C=O)cc1Br. The van der Waals surface area contributed by atoms with Gasteiger partial charge in [0.15, 0.2) is 13.1 Å². The van der Waals surface area contributed by atoms with Crippen LogP contribution in [0.15, 0.2) is 16.6 Å². The molecule has 0 saturated carbocycles. The number of aromatic hydroxyl groups is 1. The largest absolute Gasteiger partial charge is 0.507 e. The molecule has 1 aromatic rings. The van der Waals surface area contributed by atoms with Crippen LogP contribution in [0.4, 0.5) is 0 Å². The lowest BCUT2D eigenvalue weighted by atomic mass is 10.2. The van der Waals surface area contributed by atoms with E-state index in [1.807, 2.05) is 0 Å². The number of phenols is 1. The molecular weight excluding hydrogens is 292 g/mol. The predicted octanol–water partition coefficient (Wildman–Crippen LogP) is 1.97. The number of carbonyl (C=O) groups is 1. The molecule has 1 aromatic carbocycles. The summed E-state index contributed by atoms with van der Waals surface area (Å²) in [7, 11) is 1.58. The van der Waals surface area contributed by atoms with Crippen LogP contribution in [-0.4, -0.2) is 38.5 Å². The Balaban J connectivity index is 2.53. The monoisotopic (exact) mass is 304 g/mol. The second kappa shape index (κ2) is 7.26. The summed E-state index contributed by atoms with van der Waals surface area (Å²) in [5, 5.41) is 9.46. The number of halogens is 1. The second-order valence-corrected chi connectivity index (χ2v) is 3.98. The van der Waals surface area contributed by atoms with E-state index in [1.165, 1.54) is 12.1 Å². The van der Waals surface area contributed by atoms with Crippen molar-refractivity contribution < 1.29 is 24.1 Å². The van der Waals surface area contributed by atoms with Crippen LogP contribution in [0.5, 0.6) is 11.5 Å². The van der Waals surface area contributed by atoms with Gasteiger partial charge in [0.05, 0.1) is 23.2 Å². The summed E-state index contributed by atoms with van der Waals surface area (Å²) >= 11 is 3.23. The fourth-order valence-electron chi connectivity index (χ4n) is 1.07. The molecule has 1 N–H and O–H groups in total. The molecule has 5 nitrogen and oxygen atoms in total. The molecule has 0 heterocycles. The van der Waals surface area contributed by atoms with Gasteiger partial charge in [-0.25, -0.2) is 0 Å². The van der Waals surface area contributed by atoms with Crippen LogP contribution in [0.25, 0.3) is 0 Å². The molecule has 0 aromatic heterocycles. The Morgan fingerprint density at radius 3 is 2.82 bits per heavy atom. The van der Waals surface area contributed by atoms with Gasteiger partial charge in [0.1, 0.15) is 11.5 Å². The lowest BCUT2D eigenvalue weighted by Gasteiger charge is -2.09. The number of aldehydes is 1. The van der Waals surface area contributed by atoms with Gasteiger partial charge < -0.3 is 19.3 Å². The lowest BCUT2D eigenvalue weighted by molar-refractivity contribution is -0.00886. The van der Waals surface area contributed by atoms with Crippen LogP contribution in [0.3, 0.4) is 0 Å². The van der Waals surface area contributed by atoms with E-state index in [0.29, 0.717) is 29.7 Å². The van der Waals surface area contributed by atoms with Crippen molar-refractivity contribution in [3.05, 3.63) is 22.2 Å². The zero-order chi connectivity index (χ0) is 12.7. The van der Waals surface area contributed by atoms with Gasteiger partial charge in [-0.2, -0.15) is 0 Å². The summed E-state index contributed by atoms with van der Waals surface area (Å²) in [4.78, 5) is 10.6. The molecule has 0 radical (unpaired) electrons. The molecule has 0 saturated heterocycles. The van der Waals surface area contributed by atoms with Crippen LogP contribution in [0, 0.1) is 0 Å². The van der Waals surface area contributed by atoms with Gasteiger partial charge in [0.2, 0.25) is 0 Å². The Bertz CT molecular complexity index is 380. The third-order valence-corrected chi connectivity index (χ3v) is 2.56. The molecule has 0 unspecified atom stereocenters. The molecule has 0 bridgehead atoms. The molecule has 0 aliphatic carbocycles. The normalized spacial score (nSPS) is 10.2. The minimum atomic E-state index is -0.130. The first-order valence-corrected chi connectivity index (χ1v) is 5.65. The van der Waals surface area contributed by atoms with Crippen LogP contribution in [0.1, 0.15) is 10.4 Å². The average Bonchev–Trinajstić information content (AvgIpc) is 2.32. The summed E-state index contributed by atoms with van der Waals surface area (Å²) in [6.07, 6.45) is 0.568. The van der Waals surface area contributed by atoms with Gasteiger partial charge in [0, 0.05) is 13.2 Å². The molecule has 0 aliphatic heterocycles. The van der Waals surface area contributed by atoms with Crippen molar-refractivity contribution in [2.45, 2.75) is 0 Å². The molecule has 17 heavy (non-hydrogen) atoms. The number of phenolic OH excluding ortho intramolecular Hbond substituents is 1. The van der Waals surface area contributed by atoms with E-state index in [1.54, 1.807) is 7.11 Å². The number of rotatable bonds is 7. The Labute approximate surface area is 107 Å². The van der Waals surface area contributed by atoms with E-state index in [0.717, 1.165) is 0 Å². The number of hydrogen-bond donors (Lipinski definition) is 1. The molecule has 1 rings (SSSR count). The van der Waals surface area contributed by atoms with Gasteiger partial charge >= 0.3 is 0 Å². The van der Waals surface area contributed by atoms with Gasteiger partial charge in [-0.1, -0.05) is 0 Å². The van der Waals surface area contributed by atoms with E-state index in [-0.39, 0.29) is 18.1 Å². The van der Waals surface area contributed by atoms with Crippen molar-refractivity contribution in [1.29, 1.82) is 0 Å². The molecule has 0 fully saturated rings. The highest BCUT2D eigenvalue weighted by molar-refractivity contribution is 9.10. The molecule has 6 heteroatoms. The van der Waals surface area contributed by atoms with E-state index in [4.69, 9.17) is 14.2 Å². The topological polar surface area (TPSA) is 65.0 Å². The van der Waals surface area contributed by atoms with E-state index >= 15 is 0 Å². The summed E-state index contributed by atoms with van der Waals surface area (Å²) in [5.41, 5.74) is 0.199. The molecule has 94 valence electrons. The molecular formula is C11H13BrO5. The molecule has 0 aliphatic rings. The Hall–Kier alpha value is -1.11. The van der Waals surface area contributed by atoms with Crippen molar-refractivity contribution in [3.8, 4) is 11.5 Å². The third-order valence-electron chi connectivity index (χ3n) is 1.94. The van der Waals surface area contributed by atoms with Crippen LogP contribution in [0.2, 0.25) is 0 Å². The van der Waals surface area contributed by atoms with Gasteiger partial charge in [-0.15, -0.1) is 0 Å². The number of benzene rings is 1. The van der Waals surface area contributed by atoms with Crippen molar-refractivity contribution >= 4 is 22.2 Å². The van der Waals surface area contributed by atoms with Gasteiger partial charge in [-0.05, 0) is 22.0 Å². The Morgan fingerprint density at radius 1 is 1.41 bits per heavy atom. The Morgan fingerprint density at radius 2 is 2.18 bits per heavy atom. The fourth-order valence-corrected chi connectivity index (χ4v) is 1.54. The highest BCUT2D eigenvalue weighted by Gasteiger charge is 2.08. The first-order chi connectivity index (χ1) is 8.19. The van der Waals surface area contributed by atoms with Crippen molar-refractivity contribution in [1.82, 2.24) is 0 Å². The maximum atomic E-state index is 10.6. The molecule has 0 spiro atoms. The minimum Gasteiger partial charge on any atom is -0.507 e. The quantitative estimate of drug-likeness (QED) is 0.474. The van der Waals surface area contributed by atoms with Crippen LogP contribution >= 0.6 is 15.9 Å². The van der Waals surface area contributed by atoms with Crippen LogP contribution in [-0.2, 0) is 9.47 Å². The summed E-state index contributed by atoms with van der Waals surface area (Å²) in [6.45, 7) is 0.953. The first kappa shape index (κ1) is 14.0. The van der Waals surface area contributed by atoms with Crippen LogP contribution < -0.4 is 4.74 Å². The van der Waals surface area contributed by atoms with Gasteiger partial charge in [0.25, 0.3) is 0 Å². The number of methoxy groups -OCH3 is 1. The Kier molecular flexibility index (Phi) is 5.96. The average molecular weight is 305 g/mol. The van der Waals surface area contributed by atoms with Crippen molar-refractivity contribution in [2.24, 2.45) is 0 Å². The second-order valence-electron chi connectivity index (χ2n) is 3.12. The maximum Gasteiger partial charge on any atom is 0.189 e. The summed E-state index contributed by atoms with van der Waals surface area (Å²) < 4.78 is 15.7. The van der Waals surface area contributed by atoms with Crippen molar-refractivity contribution in [2.75, 3.05) is 27.1 Å². The smallest absolute Gasteiger partial charge is 0.189 e. The lowest BCUT2D eigenvalue weighted by Crippen LogP contribution is -2.08. The van der Waals surface area contributed by atoms with Crippen molar-refractivity contribution in [3.63, 3.8) is 0 Å². The van der Waals surface area contributed by atoms with E-state index < -0.39 is 0 Å². The number of carbonyl (C=O) groups excluding carboxylic acids is 1. The minimum absolute atomic E-state index is 0.0435. The predicted molar refractivity (Wildman–Crippen MR) is 64.5 cm³/mol. The number of hydrogen-bond acceptors (Lipinski definition) is 5. The molecule has 0 atom stereocenters. The zero-order valence-corrected chi connectivity index (χ0v) is 10.9. The fraction of sp³-hybridized carbons (Fsp3) is 0.364. The van der Waals surface area contributed by atoms with Gasteiger partial charge in [-0.3, -0.25) is 4.79 Å². The third kappa shape index (κ3) is 4.33. The standard InChI is InChI=1S/C11H13BrO5/c1-15-2-3-16-7-17-11-5-10(14)8(6-13)4-9(11)12/h4-6,14H,2-3,7H2,1H3. The van der Waals surface area contributed by atoms with E-state index in [9.17, 15) is 9.90 Å². The highest BCUT2D eigenvalue weighted by atomic mass is 79.9. The summed E-state index contributed by atoms with van der Waals surface area (Å²) in [5.74, 6) is 0.278.